The number of nitrogens with one attached hydrogen (secondary N) is 1. The Kier molecular flexibility index (Phi) is 4.97. The Balaban J connectivity index is 1.56. The van der Waals surface area contributed by atoms with Gasteiger partial charge in [0.05, 0.1) is 5.56 Å². The van der Waals surface area contributed by atoms with Crippen LogP contribution < -0.4 is 5.32 Å². The lowest BCUT2D eigenvalue weighted by Crippen LogP contribution is -2.46. The summed E-state index contributed by atoms with van der Waals surface area (Å²) in [6, 6.07) is 12.8. The van der Waals surface area contributed by atoms with E-state index in [1.807, 2.05) is 30.3 Å². The summed E-state index contributed by atoms with van der Waals surface area (Å²) in [6.45, 7) is 0.658. The number of carboxylic acids is 1. The molecule has 130 valence electrons. The summed E-state index contributed by atoms with van der Waals surface area (Å²) in [5.74, 6) is -0.996. The minimum Gasteiger partial charge on any atom is -0.478 e. The number of carboxylic acid groups (broad SMARTS) is 1. The minimum absolute atomic E-state index is 0.161. The molecule has 0 atom stereocenters. The largest absolute Gasteiger partial charge is 0.478 e. The van der Waals surface area contributed by atoms with E-state index in [2.05, 4.69) is 10.3 Å². The highest BCUT2D eigenvalue weighted by atomic mass is 16.5. The summed E-state index contributed by atoms with van der Waals surface area (Å²) in [5, 5.41) is 11.8. The van der Waals surface area contributed by atoms with Crippen molar-refractivity contribution in [2.45, 2.75) is 31.3 Å². The Morgan fingerprint density at radius 2 is 1.92 bits per heavy atom. The van der Waals surface area contributed by atoms with Gasteiger partial charge in [-0.25, -0.2) is 9.59 Å². The molecule has 0 unspecified atom stereocenters. The average Bonchev–Trinajstić information content (AvgIpc) is 2.60. The molecule has 6 heteroatoms. The molecule has 6 nitrogen and oxygen atoms in total. The molecule has 1 aliphatic rings. The number of amides is 1. The topological polar surface area (TPSA) is 88.5 Å². The monoisotopic (exact) mass is 340 g/mol. The molecule has 1 fully saturated rings. The molecule has 2 N–H and O–H groups in total. The maximum atomic E-state index is 11.9. The number of nitrogens with zero attached hydrogens (tertiary/aromatic N) is 1. The summed E-state index contributed by atoms with van der Waals surface area (Å²) in [4.78, 5) is 27.2. The van der Waals surface area contributed by atoms with Gasteiger partial charge >= 0.3 is 12.1 Å². The first-order valence-electron chi connectivity index (χ1n) is 8.23. The van der Waals surface area contributed by atoms with Crippen LogP contribution in [0.3, 0.4) is 0 Å². The fraction of sp³-hybridized carbons (Fsp3) is 0.316. The first kappa shape index (κ1) is 17.0. The summed E-state index contributed by atoms with van der Waals surface area (Å²) >= 11 is 0. The summed E-state index contributed by atoms with van der Waals surface area (Å²) in [6.07, 6.45) is 3.78. The highest BCUT2D eigenvalue weighted by Gasteiger charge is 2.40. The molecule has 1 saturated carbocycles. The van der Waals surface area contributed by atoms with E-state index >= 15 is 0 Å². The Morgan fingerprint density at radius 3 is 2.48 bits per heavy atom. The van der Waals surface area contributed by atoms with Crippen molar-refractivity contribution >= 4 is 12.1 Å². The van der Waals surface area contributed by atoms with Gasteiger partial charge in [-0.3, -0.25) is 4.98 Å². The van der Waals surface area contributed by atoms with Crippen LogP contribution in [0.15, 0.2) is 48.7 Å². The molecule has 1 heterocycles. The number of hydrogen-bond donors (Lipinski definition) is 2. The summed E-state index contributed by atoms with van der Waals surface area (Å²) in [7, 11) is 0. The summed E-state index contributed by atoms with van der Waals surface area (Å²) < 4.78 is 5.23. The minimum atomic E-state index is -0.996. The van der Waals surface area contributed by atoms with Crippen LogP contribution in [0, 0.1) is 0 Å². The van der Waals surface area contributed by atoms with E-state index in [-0.39, 0.29) is 17.6 Å². The van der Waals surface area contributed by atoms with Crippen LogP contribution >= 0.6 is 0 Å². The number of alkyl carbamates (subject to hydrolysis) is 1. The molecule has 0 radical (unpaired) electrons. The van der Waals surface area contributed by atoms with Gasteiger partial charge in [-0.05, 0) is 30.5 Å². The molecule has 0 saturated heterocycles. The van der Waals surface area contributed by atoms with Gasteiger partial charge in [0.25, 0.3) is 0 Å². The second-order valence-electron chi connectivity index (χ2n) is 6.29. The second kappa shape index (κ2) is 7.34. The Hall–Kier alpha value is -2.89. The number of hydrogen-bond acceptors (Lipinski definition) is 4. The molecule has 25 heavy (non-hydrogen) atoms. The van der Waals surface area contributed by atoms with E-state index in [0.717, 1.165) is 30.5 Å². The number of aromatic nitrogens is 1. The third-order valence-electron chi connectivity index (χ3n) is 4.65. The van der Waals surface area contributed by atoms with Crippen molar-refractivity contribution in [2.75, 3.05) is 6.54 Å². The van der Waals surface area contributed by atoms with Gasteiger partial charge in [-0.15, -0.1) is 0 Å². The SMILES string of the molecule is O=C(NCC1(c2ccc(C(=O)O)cn2)CCC1)OCc1ccccc1. The zero-order valence-electron chi connectivity index (χ0n) is 13.8. The van der Waals surface area contributed by atoms with Gasteiger partial charge in [-0.2, -0.15) is 0 Å². The number of ether oxygens (including phenoxy) is 1. The number of carbonyl (C=O) groups is 2. The molecular formula is C19H20N2O4. The van der Waals surface area contributed by atoms with Crippen LogP contribution in [0.1, 0.15) is 40.9 Å². The molecule has 0 spiro atoms. The molecule has 0 aliphatic heterocycles. The number of carbonyl (C=O) groups excluding carboxylic acids is 1. The van der Waals surface area contributed by atoms with E-state index in [0.29, 0.717) is 6.54 Å². The lowest BCUT2D eigenvalue weighted by Gasteiger charge is -2.41. The number of pyridine rings is 1. The Bertz CT molecular complexity index is 740. The smallest absolute Gasteiger partial charge is 0.407 e. The van der Waals surface area contributed by atoms with Crippen LogP contribution in [-0.4, -0.2) is 28.7 Å². The average molecular weight is 340 g/mol. The van der Waals surface area contributed by atoms with Gasteiger partial charge in [0.2, 0.25) is 0 Å². The van der Waals surface area contributed by atoms with Crippen LogP contribution in [0.25, 0.3) is 0 Å². The fourth-order valence-electron chi connectivity index (χ4n) is 2.98. The van der Waals surface area contributed by atoms with Crippen molar-refractivity contribution in [2.24, 2.45) is 0 Å². The molecule has 2 aromatic rings. The van der Waals surface area contributed by atoms with E-state index in [9.17, 15) is 9.59 Å². The van der Waals surface area contributed by atoms with Gasteiger partial charge < -0.3 is 15.2 Å². The van der Waals surface area contributed by atoms with Gasteiger partial charge in [0.1, 0.15) is 6.61 Å². The van der Waals surface area contributed by atoms with E-state index < -0.39 is 12.1 Å². The molecule has 1 amide bonds. The van der Waals surface area contributed by atoms with Crippen molar-refractivity contribution in [1.29, 1.82) is 0 Å². The highest BCUT2D eigenvalue weighted by Crippen LogP contribution is 2.42. The zero-order valence-corrected chi connectivity index (χ0v) is 13.8. The fourth-order valence-corrected chi connectivity index (χ4v) is 2.98. The lowest BCUT2D eigenvalue weighted by molar-refractivity contribution is 0.0696. The predicted octanol–water partition coefficient (Wildman–Crippen LogP) is 3.13. The maximum absolute atomic E-state index is 11.9. The Labute approximate surface area is 145 Å². The third kappa shape index (κ3) is 3.96. The zero-order chi connectivity index (χ0) is 17.7. The van der Waals surface area contributed by atoms with Crippen molar-refractivity contribution in [3.05, 3.63) is 65.5 Å². The molecule has 1 aliphatic carbocycles. The second-order valence-corrected chi connectivity index (χ2v) is 6.29. The van der Waals surface area contributed by atoms with Crippen LogP contribution in [-0.2, 0) is 16.8 Å². The van der Waals surface area contributed by atoms with Crippen LogP contribution in [0.4, 0.5) is 4.79 Å². The first-order chi connectivity index (χ1) is 12.1. The molecule has 0 bridgehead atoms. The van der Waals surface area contributed by atoms with Crippen molar-refractivity contribution in [3.8, 4) is 0 Å². The highest BCUT2D eigenvalue weighted by molar-refractivity contribution is 5.87. The molecular weight excluding hydrogens is 320 g/mol. The standard InChI is InChI=1S/C19H20N2O4/c22-17(23)15-7-8-16(20-11-15)19(9-4-10-19)13-21-18(24)25-12-14-5-2-1-3-6-14/h1-3,5-8,11H,4,9-10,12-13H2,(H,21,24)(H,22,23). The van der Waals surface area contributed by atoms with Gasteiger partial charge in [0.15, 0.2) is 0 Å². The van der Waals surface area contributed by atoms with E-state index in [1.165, 1.54) is 6.20 Å². The number of benzene rings is 1. The lowest BCUT2D eigenvalue weighted by atomic mass is 9.66. The molecule has 1 aromatic carbocycles. The number of aromatic carboxylic acids is 1. The van der Waals surface area contributed by atoms with Gasteiger partial charge in [0, 0.05) is 23.9 Å². The molecule has 1 aromatic heterocycles. The van der Waals surface area contributed by atoms with Crippen molar-refractivity contribution < 1.29 is 19.4 Å². The normalized spacial score (nSPS) is 15.0. The predicted molar refractivity (Wildman–Crippen MR) is 91.4 cm³/mol. The third-order valence-corrected chi connectivity index (χ3v) is 4.65. The van der Waals surface area contributed by atoms with Crippen molar-refractivity contribution in [1.82, 2.24) is 10.3 Å². The van der Waals surface area contributed by atoms with Crippen LogP contribution in [0.5, 0.6) is 0 Å². The van der Waals surface area contributed by atoms with Gasteiger partial charge in [-0.1, -0.05) is 36.8 Å². The summed E-state index contributed by atoms with van der Waals surface area (Å²) in [5.41, 5.74) is 1.67. The quantitative estimate of drug-likeness (QED) is 0.843. The van der Waals surface area contributed by atoms with Crippen molar-refractivity contribution in [3.63, 3.8) is 0 Å². The Morgan fingerprint density at radius 1 is 1.16 bits per heavy atom. The van der Waals surface area contributed by atoms with E-state index in [1.54, 1.807) is 12.1 Å². The maximum Gasteiger partial charge on any atom is 0.407 e. The number of rotatable bonds is 6. The van der Waals surface area contributed by atoms with Crippen LogP contribution in [0.2, 0.25) is 0 Å². The first-order valence-corrected chi connectivity index (χ1v) is 8.23. The molecule has 3 rings (SSSR count). The van der Waals surface area contributed by atoms with E-state index in [4.69, 9.17) is 9.84 Å².